The van der Waals surface area contributed by atoms with Crippen LogP contribution in [0.4, 0.5) is 24.8 Å². The fourth-order valence-corrected chi connectivity index (χ4v) is 4.99. The van der Waals surface area contributed by atoms with E-state index >= 15 is 0 Å². The highest BCUT2D eigenvalue weighted by Crippen LogP contribution is 2.29. The van der Waals surface area contributed by atoms with E-state index in [0.717, 1.165) is 22.5 Å². The second kappa shape index (κ2) is 14.0. The van der Waals surface area contributed by atoms with E-state index in [9.17, 15) is 18.0 Å². The predicted octanol–water partition coefficient (Wildman–Crippen LogP) is 8.55. The van der Waals surface area contributed by atoms with Crippen molar-refractivity contribution < 1.29 is 18.0 Å². The summed E-state index contributed by atoms with van der Waals surface area (Å²) in [5.41, 5.74) is 13.0. The van der Waals surface area contributed by atoms with E-state index in [4.69, 9.17) is 5.73 Å². The van der Waals surface area contributed by atoms with Crippen molar-refractivity contribution in [3.8, 4) is 33.9 Å². The normalized spacial score (nSPS) is 11.9. The standard InChI is InChI=1S/C20H19F3N4O.C18H20N4/c1-19(2,3)14-4-6-15(7-5-14)27-17(25-18(28)20(21,22)23)12-16(26-27)13-8-10-24-11-9-13;1-18(2,3)14-4-6-15(7-5-14)22-17(19)12-16(21-22)13-8-10-20-11-9-13/h4-12H,1-3H3,(H,25,28);4-12H,19H2,1-3H3. The molecule has 1 amide bonds. The molecule has 0 atom stereocenters. The Labute approximate surface area is 289 Å². The first-order valence-electron chi connectivity index (χ1n) is 15.9. The average Bonchev–Trinajstić information content (AvgIpc) is 3.68. The average molecular weight is 681 g/mol. The van der Waals surface area contributed by atoms with E-state index in [1.807, 2.05) is 35.6 Å². The van der Waals surface area contributed by atoms with Crippen molar-refractivity contribution in [1.29, 1.82) is 0 Å². The number of halogens is 3. The number of nitrogens with one attached hydrogen (secondary N) is 1. The number of nitrogen functional groups attached to an aromatic ring is 1. The van der Waals surface area contributed by atoms with Gasteiger partial charge < -0.3 is 11.1 Å². The van der Waals surface area contributed by atoms with Crippen molar-refractivity contribution in [3.05, 3.63) is 121 Å². The summed E-state index contributed by atoms with van der Waals surface area (Å²) in [7, 11) is 0. The van der Waals surface area contributed by atoms with Gasteiger partial charge in [-0.25, -0.2) is 9.36 Å². The monoisotopic (exact) mass is 680 g/mol. The topological polar surface area (TPSA) is 117 Å². The SMILES string of the molecule is CC(C)(C)c1ccc(-n2nc(-c3ccncc3)cc2N)cc1.CC(C)(C)c1ccc(-n2nc(-c3ccncc3)cc2NC(=O)C(F)(F)F)cc1. The van der Waals surface area contributed by atoms with Crippen LogP contribution in [0.5, 0.6) is 0 Å². The molecule has 4 aromatic heterocycles. The van der Waals surface area contributed by atoms with Crippen LogP contribution in [0.15, 0.2) is 110 Å². The summed E-state index contributed by atoms with van der Waals surface area (Å²) < 4.78 is 41.2. The molecule has 0 radical (unpaired) electrons. The first kappa shape index (κ1) is 35.5. The molecule has 0 unspecified atom stereocenters. The highest BCUT2D eigenvalue weighted by atomic mass is 19.4. The van der Waals surface area contributed by atoms with Gasteiger partial charge in [0.25, 0.3) is 0 Å². The molecule has 4 heterocycles. The lowest BCUT2D eigenvalue weighted by atomic mass is 9.87. The molecule has 50 heavy (non-hydrogen) atoms. The molecule has 0 aliphatic rings. The number of benzene rings is 2. The van der Waals surface area contributed by atoms with Crippen LogP contribution in [0.25, 0.3) is 33.9 Å². The molecule has 0 aliphatic heterocycles. The first-order chi connectivity index (χ1) is 23.5. The first-order valence-corrected chi connectivity index (χ1v) is 15.9. The Kier molecular flexibility index (Phi) is 9.94. The maximum Gasteiger partial charge on any atom is 0.471 e. The second-order valence-electron chi connectivity index (χ2n) is 13.7. The number of alkyl halides is 3. The Balaban J connectivity index is 0.000000200. The van der Waals surface area contributed by atoms with Gasteiger partial charge in [0.05, 0.1) is 22.8 Å². The number of anilines is 2. The molecule has 258 valence electrons. The third-order valence-electron chi connectivity index (χ3n) is 7.85. The summed E-state index contributed by atoms with van der Waals surface area (Å²) in [5.74, 6) is -1.51. The maximum atomic E-state index is 12.7. The van der Waals surface area contributed by atoms with Gasteiger partial charge in [0.15, 0.2) is 0 Å². The molecule has 0 saturated heterocycles. The van der Waals surface area contributed by atoms with Crippen LogP contribution in [0.3, 0.4) is 0 Å². The zero-order chi connectivity index (χ0) is 36.3. The zero-order valence-electron chi connectivity index (χ0n) is 28.7. The summed E-state index contributed by atoms with van der Waals surface area (Å²) in [6.45, 7) is 12.8. The number of nitrogens with two attached hydrogens (primary N) is 1. The molecule has 0 saturated carbocycles. The van der Waals surface area contributed by atoms with Crippen LogP contribution in [0.1, 0.15) is 52.7 Å². The lowest BCUT2D eigenvalue weighted by Crippen LogP contribution is -2.30. The van der Waals surface area contributed by atoms with E-state index < -0.39 is 12.1 Å². The second-order valence-corrected chi connectivity index (χ2v) is 13.7. The van der Waals surface area contributed by atoms with Crippen LogP contribution in [0, 0.1) is 0 Å². The summed E-state index contributed by atoms with van der Waals surface area (Å²) in [6, 6.07) is 26.2. The van der Waals surface area contributed by atoms with Gasteiger partial charge in [-0.3, -0.25) is 14.8 Å². The number of aromatic nitrogens is 6. The summed E-state index contributed by atoms with van der Waals surface area (Å²) >= 11 is 0. The Bertz CT molecular complexity index is 2040. The molecule has 0 fully saturated rings. The van der Waals surface area contributed by atoms with Gasteiger partial charge in [0.1, 0.15) is 11.6 Å². The maximum absolute atomic E-state index is 12.7. The number of nitrogens with zero attached hydrogens (tertiary/aromatic N) is 6. The van der Waals surface area contributed by atoms with Crippen molar-refractivity contribution in [3.63, 3.8) is 0 Å². The molecule has 0 spiro atoms. The smallest absolute Gasteiger partial charge is 0.384 e. The Hall–Kier alpha value is -5.78. The molecule has 6 rings (SSSR count). The molecule has 12 heteroatoms. The third-order valence-corrected chi connectivity index (χ3v) is 7.85. The third kappa shape index (κ3) is 8.43. The molecule has 0 aliphatic carbocycles. The highest BCUT2D eigenvalue weighted by molar-refractivity contribution is 5.95. The quantitative estimate of drug-likeness (QED) is 0.189. The minimum absolute atomic E-state index is 0.0713. The van der Waals surface area contributed by atoms with Gasteiger partial charge in [-0.15, -0.1) is 0 Å². The molecule has 3 N–H and O–H groups in total. The van der Waals surface area contributed by atoms with Crippen molar-refractivity contribution in [2.75, 3.05) is 11.1 Å². The molecule has 0 bridgehead atoms. The van der Waals surface area contributed by atoms with Crippen molar-refractivity contribution >= 4 is 17.5 Å². The molecular weight excluding hydrogens is 641 g/mol. The number of amides is 1. The van der Waals surface area contributed by atoms with Gasteiger partial charge in [-0.05, 0) is 70.5 Å². The van der Waals surface area contributed by atoms with E-state index in [1.54, 1.807) is 53.7 Å². The summed E-state index contributed by atoms with van der Waals surface area (Å²) in [6.07, 6.45) is 1.62. The Morgan fingerprint density at radius 3 is 1.44 bits per heavy atom. The van der Waals surface area contributed by atoms with Crippen LogP contribution >= 0.6 is 0 Å². The van der Waals surface area contributed by atoms with Crippen LogP contribution < -0.4 is 11.1 Å². The lowest BCUT2D eigenvalue weighted by Gasteiger charge is -2.19. The van der Waals surface area contributed by atoms with E-state index in [-0.39, 0.29) is 16.6 Å². The number of pyridine rings is 2. The fraction of sp³-hybridized carbons (Fsp3) is 0.237. The van der Waals surface area contributed by atoms with Crippen LogP contribution in [-0.2, 0) is 15.6 Å². The van der Waals surface area contributed by atoms with Gasteiger partial charge in [0, 0.05) is 48.0 Å². The largest absolute Gasteiger partial charge is 0.471 e. The lowest BCUT2D eigenvalue weighted by molar-refractivity contribution is -0.167. The van der Waals surface area contributed by atoms with Crippen molar-refractivity contribution in [2.24, 2.45) is 0 Å². The van der Waals surface area contributed by atoms with Gasteiger partial charge in [-0.2, -0.15) is 23.4 Å². The van der Waals surface area contributed by atoms with Crippen LogP contribution in [0.2, 0.25) is 0 Å². The zero-order valence-corrected chi connectivity index (χ0v) is 28.7. The summed E-state index contributed by atoms with van der Waals surface area (Å²) in [4.78, 5) is 19.4. The minimum atomic E-state index is -5.00. The van der Waals surface area contributed by atoms with Crippen molar-refractivity contribution in [2.45, 2.75) is 58.5 Å². The fourth-order valence-electron chi connectivity index (χ4n) is 4.99. The van der Waals surface area contributed by atoms with E-state index in [2.05, 4.69) is 86.0 Å². The van der Waals surface area contributed by atoms with Crippen molar-refractivity contribution in [1.82, 2.24) is 29.5 Å². The Morgan fingerprint density at radius 2 is 1.02 bits per heavy atom. The number of hydrogen-bond donors (Lipinski definition) is 2. The Morgan fingerprint density at radius 1 is 0.620 bits per heavy atom. The molecular formula is C38H39F3N8O. The summed E-state index contributed by atoms with van der Waals surface area (Å²) in [5, 5.41) is 10.9. The predicted molar refractivity (Wildman–Crippen MR) is 190 cm³/mol. The van der Waals surface area contributed by atoms with Crippen LogP contribution in [-0.4, -0.2) is 41.6 Å². The van der Waals surface area contributed by atoms with E-state index in [0.29, 0.717) is 22.8 Å². The van der Waals surface area contributed by atoms with Gasteiger partial charge in [0.2, 0.25) is 0 Å². The van der Waals surface area contributed by atoms with Gasteiger partial charge in [-0.1, -0.05) is 65.8 Å². The number of rotatable bonds is 5. The highest BCUT2D eigenvalue weighted by Gasteiger charge is 2.39. The number of carbonyl (C=O) groups is 1. The van der Waals surface area contributed by atoms with E-state index in [1.165, 1.54) is 16.3 Å². The minimum Gasteiger partial charge on any atom is -0.384 e. The number of carbonyl (C=O) groups excluding carboxylic acids is 1. The van der Waals surface area contributed by atoms with Gasteiger partial charge >= 0.3 is 12.1 Å². The molecule has 6 aromatic rings. The number of hydrogen-bond acceptors (Lipinski definition) is 6. The molecule has 9 nitrogen and oxygen atoms in total. The molecule has 2 aromatic carbocycles.